The summed E-state index contributed by atoms with van der Waals surface area (Å²) in [6.45, 7) is 3.72. The van der Waals surface area contributed by atoms with Crippen LogP contribution in [0.2, 0.25) is 0 Å². The number of amides is 1. The molecule has 1 amide bonds. The van der Waals surface area contributed by atoms with Crippen molar-refractivity contribution in [1.29, 1.82) is 0 Å². The summed E-state index contributed by atoms with van der Waals surface area (Å²) in [6, 6.07) is 0. The van der Waals surface area contributed by atoms with Crippen LogP contribution in [0.1, 0.15) is 58.8 Å². The second-order valence-electron chi connectivity index (χ2n) is 4.32. The Kier molecular flexibility index (Phi) is 9.52. The maximum Gasteiger partial charge on any atom is 0.217 e. The lowest BCUT2D eigenvalue weighted by Crippen LogP contribution is -2.42. The second-order valence-corrected chi connectivity index (χ2v) is 5.97. The van der Waals surface area contributed by atoms with Crippen LogP contribution in [0, 0.1) is 0 Å². The Morgan fingerprint density at radius 2 is 1.88 bits per heavy atom. The normalized spacial score (nSPS) is 14.5. The van der Waals surface area contributed by atoms with Gasteiger partial charge in [0.15, 0.2) is 0 Å². The summed E-state index contributed by atoms with van der Waals surface area (Å²) in [5.74, 6) is 0.0200. The molecule has 0 aliphatic carbocycles. The molecule has 0 aromatic heterocycles. The van der Waals surface area contributed by atoms with E-state index in [-0.39, 0.29) is 10.8 Å². The third-order valence-corrected chi connectivity index (χ3v) is 3.70. The van der Waals surface area contributed by atoms with E-state index in [4.69, 9.17) is 0 Å². The van der Waals surface area contributed by atoms with E-state index < -0.39 is 0 Å². The van der Waals surface area contributed by atoms with Gasteiger partial charge in [-0.1, -0.05) is 48.5 Å². The lowest BCUT2D eigenvalue weighted by Gasteiger charge is -2.29. The summed E-state index contributed by atoms with van der Waals surface area (Å²) in [4.78, 5) is 10.8. The van der Waals surface area contributed by atoms with Gasteiger partial charge in [-0.3, -0.25) is 4.79 Å². The molecule has 1 unspecified atom stereocenters. The van der Waals surface area contributed by atoms with Gasteiger partial charge in [0.1, 0.15) is 0 Å². The molecular formula is C12H24BrNOS. The number of thiol groups is 1. The van der Waals surface area contributed by atoms with Gasteiger partial charge >= 0.3 is 0 Å². The van der Waals surface area contributed by atoms with Gasteiger partial charge < -0.3 is 5.32 Å². The van der Waals surface area contributed by atoms with Gasteiger partial charge in [-0.05, 0) is 19.3 Å². The Morgan fingerprint density at radius 1 is 1.25 bits per heavy atom. The first-order valence-electron chi connectivity index (χ1n) is 6.11. The van der Waals surface area contributed by atoms with Crippen molar-refractivity contribution in [2.45, 2.75) is 63.7 Å². The average Bonchev–Trinajstić information content (AvgIpc) is 2.21. The number of alkyl halides is 1. The first-order chi connectivity index (χ1) is 7.54. The maximum absolute atomic E-state index is 11.1. The third-order valence-electron chi connectivity index (χ3n) is 2.58. The quantitative estimate of drug-likeness (QED) is 0.288. The summed E-state index contributed by atoms with van der Waals surface area (Å²) < 4.78 is 0. The first-order valence-corrected chi connectivity index (χ1v) is 7.68. The molecule has 0 fully saturated rings. The van der Waals surface area contributed by atoms with E-state index in [1.54, 1.807) is 6.92 Å². The molecule has 0 heterocycles. The van der Waals surface area contributed by atoms with E-state index in [0.717, 1.165) is 37.4 Å². The molecular weight excluding hydrogens is 286 g/mol. The maximum atomic E-state index is 11.1. The van der Waals surface area contributed by atoms with E-state index in [1.807, 2.05) is 0 Å². The smallest absolute Gasteiger partial charge is 0.217 e. The lowest BCUT2D eigenvalue weighted by atomic mass is 10.0. The Bertz CT molecular complexity index is 201. The molecule has 1 atom stereocenters. The summed E-state index contributed by atoms with van der Waals surface area (Å²) >= 11 is 8.07. The van der Waals surface area contributed by atoms with E-state index >= 15 is 0 Å². The van der Waals surface area contributed by atoms with Crippen LogP contribution in [-0.4, -0.2) is 16.1 Å². The minimum absolute atomic E-state index is 0.0200. The fourth-order valence-corrected chi connectivity index (χ4v) is 2.61. The molecule has 1 N–H and O–H groups in total. The van der Waals surface area contributed by atoms with Crippen LogP contribution >= 0.6 is 28.6 Å². The Morgan fingerprint density at radius 3 is 2.38 bits per heavy atom. The van der Waals surface area contributed by atoms with Crippen LogP contribution in [0.4, 0.5) is 0 Å². The highest BCUT2D eigenvalue weighted by molar-refractivity contribution is 9.09. The van der Waals surface area contributed by atoms with Crippen LogP contribution in [-0.2, 0) is 4.79 Å². The molecule has 2 nitrogen and oxygen atoms in total. The van der Waals surface area contributed by atoms with Gasteiger partial charge in [-0.15, -0.1) is 0 Å². The molecule has 4 heteroatoms. The number of hydrogen-bond acceptors (Lipinski definition) is 2. The largest absolute Gasteiger partial charge is 0.342 e. The zero-order valence-electron chi connectivity index (χ0n) is 10.4. The van der Waals surface area contributed by atoms with E-state index in [0.29, 0.717) is 0 Å². The molecule has 0 aliphatic rings. The predicted molar refractivity (Wildman–Crippen MR) is 77.3 cm³/mol. The monoisotopic (exact) mass is 309 g/mol. The molecule has 96 valence electrons. The van der Waals surface area contributed by atoms with Crippen LogP contribution in [0.3, 0.4) is 0 Å². The van der Waals surface area contributed by atoms with Gasteiger partial charge in [0.25, 0.3) is 0 Å². The summed E-state index contributed by atoms with van der Waals surface area (Å²) in [7, 11) is 0. The molecule has 0 aliphatic heterocycles. The van der Waals surface area contributed by atoms with E-state index in [1.165, 1.54) is 12.8 Å². The van der Waals surface area contributed by atoms with Crippen LogP contribution in [0.5, 0.6) is 0 Å². The molecule has 0 rings (SSSR count). The number of rotatable bonds is 9. The van der Waals surface area contributed by atoms with Crippen molar-refractivity contribution >= 4 is 34.5 Å². The number of unbranched alkanes of at least 4 members (excludes halogenated alkanes) is 3. The fraction of sp³-hybridized carbons (Fsp3) is 0.917. The van der Waals surface area contributed by atoms with Crippen molar-refractivity contribution in [2.24, 2.45) is 0 Å². The molecule has 0 saturated carbocycles. The Hall–Kier alpha value is 0.300. The zero-order valence-corrected chi connectivity index (χ0v) is 12.9. The summed E-state index contributed by atoms with van der Waals surface area (Å²) in [6.07, 6.45) is 7.69. The van der Waals surface area contributed by atoms with Gasteiger partial charge in [0, 0.05) is 12.3 Å². The van der Waals surface area contributed by atoms with Gasteiger partial charge in [-0.2, -0.15) is 12.6 Å². The first kappa shape index (κ1) is 16.3. The molecule has 0 radical (unpaired) electrons. The molecule has 0 saturated heterocycles. The van der Waals surface area contributed by atoms with Crippen molar-refractivity contribution in [2.75, 3.05) is 5.33 Å². The predicted octanol–water partition coefficient (Wildman–Crippen LogP) is 3.89. The van der Waals surface area contributed by atoms with Gasteiger partial charge in [-0.25, -0.2) is 0 Å². The summed E-state index contributed by atoms with van der Waals surface area (Å²) in [5.41, 5.74) is 0. The van der Waals surface area contributed by atoms with Crippen molar-refractivity contribution in [3.05, 3.63) is 0 Å². The van der Waals surface area contributed by atoms with Crippen molar-refractivity contribution in [3.63, 3.8) is 0 Å². The van der Waals surface area contributed by atoms with Crippen LogP contribution < -0.4 is 5.32 Å². The SMILES string of the molecule is CCCCC(S)(CCCCCBr)NC(C)=O. The zero-order chi connectivity index (χ0) is 12.4. The number of hydrogen-bond donors (Lipinski definition) is 2. The number of halogens is 1. The lowest BCUT2D eigenvalue weighted by molar-refractivity contribution is -0.120. The highest BCUT2D eigenvalue weighted by atomic mass is 79.9. The fourth-order valence-electron chi connectivity index (χ4n) is 1.74. The van der Waals surface area contributed by atoms with Gasteiger partial charge in [0.2, 0.25) is 5.91 Å². The van der Waals surface area contributed by atoms with Crippen molar-refractivity contribution in [1.82, 2.24) is 5.32 Å². The molecule has 0 bridgehead atoms. The number of carbonyl (C=O) groups excluding carboxylic acids is 1. The minimum Gasteiger partial charge on any atom is -0.342 e. The van der Waals surface area contributed by atoms with Crippen LogP contribution in [0.25, 0.3) is 0 Å². The molecule has 0 spiro atoms. The van der Waals surface area contributed by atoms with E-state index in [2.05, 4.69) is 40.8 Å². The standard InChI is InChI=1S/C12H24BrNOS/c1-3-4-8-12(16,14-11(2)15)9-6-5-7-10-13/h16H,3-10H2,1-2H3,(H,14,15). The third kappa shape index (κ3) is 8.45. The van der Waals surface area contributed by atoms with Gasteiger partial charge in [0.05, 0.1) is 4.87 Å². The van der Waals surface area contributed by atoms with E-state index in [9.17, 15) is 4.79 Å². The molecule has 0 aromatic carbocycles. The summed E-state index contributed by atoms with van der Waals surface area (Å²) in [5, 5.41) is 4.04. The molecule has 16 heavy (non-hydrogen) atoms. The molecule has 0 aromatic rings. The Balaban J connectivity index is 4.02. The Labute approximate surface area is 113 Å². The number of nitrogens with one attached hydrogen (secondary N) is 1. The highest BCUT2D eigenvalue weighted by Crippen LogP contribution is 2.26. The van der Waals surface area contributed by atoms with Crippen molar-refractivity contribution in [3.8, 4) is 0 Å². The highest BCUT2D eigenvalue weighted by Gasteiger charge is 2.24. The second kappa shape index (κ2) is 9.34. The van der Waals surface area contributed by atoms with Crippen LogP contribution in [0.15, 0.2) is 0 Å². The average molecular weight is 310 g/mol. The minimum atomic E-state index is -0.297. The van der Waals surface area contributed by atoms with Crippen molar-refractivity contribution < 1.29 is 4.79 Å². The topological polar surface area (TPSA) is 29.1 Å². The number of carbonyl (C=O) groups is 1.